The highest BCUT2D eigenvalue weighted by Gasteiger charge is 2.25. The van der Waals surface area contributed by atoms with Gasteiger partial charge in [0.1, 0.15) is 5.75 Å². The van der Waals surface area contributed by atoms with Crippen molar-refractivity contribution < 1.29 is 9.84 Å². The van der Waals surface area contributed by atoms with Crippen molar-refractivity contribution in [1.29, 1.82) is 0 Å². The fourth-order valence-corrected chi connectivity index (χ4v) is 4.87. The maximum absolute atomic E-state index is 10.5. The molecule has 1 unspecified atom stereocenters. The highest BCUT2D eigenvalue weighted by molar-refractivity contribution is 6.32. The minimum atomic E-state index is -0.400. The first-order chi connectivity index (χ1) is 16.6. The number of nitrogens with one attached hydrogen (secondary N) is 2. The normalized spacial score (nSPS) is 18.4. The summed E-state index contributed by atoms with van der Waals surface area (Å²) in [6, 6.07) is 5.62. The highest BCUT2D eigenvalue weighted by Crippen LogP contribution is 2.34. The van der Waals surface area contributed by atoms with E-state index in [2.05, 4.69) is 30.9 Å². The number of anilines is 2. The predicted molar refractivity (Wildman–Crippen MR) is 134 cm³/mol. The third-order valence-electron chi connectivity index (χ3n) is 6.44. The van der Waals surface area contributed by atoms with Crippen LogP contribution in [0.4, 0.5) is 11.6 Å². The fourth-order valence-electron chi connectivity index (χ4n) is 4.59. The van der Waals surface area contributed by atoms with E-state index in [1.807, 2.05) is 42.2 Å². The van der Waals surface area contributed by atoms with Crippen molar-refractivity contribution in [2.75, 3.05) is 17.7 Å². The van der Waals surface area contributed by atoms with Crippen LogP contribution in [0.1, 0.15) is 38.2 Å². The van der Waals surface area contributed by atoms with Gasteiger partial charge in [-0.1, -0.05) is 30.5 Å². The number of hydrogen-bond acceptors (Lipinski definition) is 8. The van der Waals surface area contributed by atoms with Crippen LogP contribution in [0.2, 0.25) is 5.02 Å². The smallest absolute Gasteiger partial charge is 0.158 e. The Morgan fingerprint density at radius 2 is 1.97 bits per heavy atom. The van der Waals surface area contributed by atoms with E-state index in [-0.39, 0.29) is 6.04 Å². The van der Waals surface area contributed by atoms with Crippen molar-refractivity contribution in [1.82, 2.24) is 25.0 Å². The van der Waals surface area contributed by atoms with Crippen molar-refractivity contribution in [3.05, 3.63) is 41.2 Å². The molecule has 0 amide bonds. The highest BCUT2D eigenvalue weighted by atomic mass is 35.5. The van der Waals surface area contributed by atoms with Gasteiger partial charge in [-0.2, -0.15) is 5.10 Å². The van der Waals surface area contributed by atoms with Gasteiger partial charge in [0.05, 0.1) is 35.9 Å². The molecule has 178 valence electrons. The van der Waals surface area contributed by atoms with Gasteiger partial charge in [-0.25, -0.2) is 9.67 Å². The molecule has 3 aromatic heterocycles. The van der Waals surface area contributed by atoms with Gasteiger partial charge in [-0.05, 0) is 37.5 Å². The Hall–Kier alpha value is -3.17. The van der Waals surface area contributed by atoms with E-state index in [4.69, 9.17) is 16.3 Å². The van der Waals surface area contributed by atoms with Crippen LogP contribution < -0.4 is 15.4 Å². The van der Waals surface area contributed by atoms with Crippen molar-refractivity contribution >= 4 is 45.0 Å². The number of methoxy groups -OCH3 is 1. The average Bonchev–Trinajstić information content (AvgIpc) is 3.28. The van der Waals surface area contributed by atoms with Gasteiger partial charge in [0, 0.05) is 30.1 Å². The SMILES string of the molecule is CCn1ncc2c3c(NCc4ccc(OC)c(Cl)c4)nnc(NC4CCCC[C@H]4O)c3cnc21. The molecule has 5 rings (SSSR count). The van der Waals surface area contributed by atoms with Gasteiger partial charge in [0.15, 0.2) is 17.3 Å². The third kappa shape index (κ3) is 4.21. The Kier molecular flexibility index (Phi) is 6.38. The number of pyridine rings is 1. The Morgan fingerprint density at radius 1 is 1.15 bits per heavy atom. The van der Waals surface area contributed by atoms with E-state index in [0.717, 1.165) is 53.1 Å². The lowest BCUT2D eigenvalue weighted by molar-refractivity contribution is 0.116. The molecule has 9 nitrogen and oxygen atoms in total. The van der Waals surface area contributed by atoms with E-state index in [1.165, 1.54) is 0 Å². The monoisotopic (exact) mass is 481 g/mol. The Bertz CT molecular complexity index is 1330. The molecule has 0 saturated heterocycles. The van der Waals surface area contributed by atoms with Crippen LogP contribution in [0.15, 0.2) is 30.6 Å². The number of ether oxygens (including phenoxy) is 1. The summed E-state index contributed by atoms with van der Waals surface area (Å²) >= 11 is 6.30. The summed E-state index contributed by atoms with van der Waals surface area (Å²) in [5, 5.41) is 34.0. The molecule has 1 aromatic carbocycles. The third-order valence-corrected chi connectivity index (χ3v) is 6.73. The Balaban J connectivity index is 1.54. The molecule has 1 fully saturated rings. The van der Waals surface area contributed by atoms with E-state index in [0.29, 0.717) is 35.5 Å². The molecule has 34 heavy (non-hydrogen) atoms. The van der Waals surface area contributed by atoms with Crippen LogP contribution in [0.25, 0.3) is 21.8 Å². The minimum absolute atomic E-state index is 0.0550. The molecule has 2 atom stereocenters. The molecule has 1 aliphatic rings. The number of rotatable bonds is 7. The summed E-state index contributed by atoms with van der Waals surface area (Å²) in [7, 11) is 1.60. The molecule has 1 saturated carbocycles. The van der Waals surface area contributed by atoms with Gasteiger partial charge in [0.2, 0.25) is 0 Å². The number of halogens is 1. The maximum atomic E-state index is 10.5. The first kappa shape index (κ1) is 22.6. The summed E-state index contributed by atoms with van der Waals surface area (Å²) in [5.74, 6) is 1.90. The molecule has 0 aliphatic heterocycles. The average molecular weight is 482 g/mol. The minimum Gasteiger partial charge on any atom is -0.495 e. The van der Waals surface area contributed by atoms with E-state index in [9.17, 15) is 5.11 Å². The zero-order valence-corrected chi connectivity index (χ0v) is 20.0. The van der Waals surface area contributed by atoms with Crippen molar-refractivity contribution in [3.63, 3.8) is 0 Å². The van der Waals surface area contributed by atoms with Crippen LogP contribution in [-0.4, -0.2) is 49.3 Å². The Labute approximate surface area is 202 Å². The second kappa shape index (κ2) is 9.60. The first-order valence-electron chi connectivity index (χ1n) is 11.6. The van der Waals surface area contributed by atoms with Gasteiger partial charge in [0.25, 0.3) is 0 Å². The molecule has 10 heteroatoms. The summed E-state index contributed by atoms with van der Waals surface area (Å²) < 4.78 is 7.11. The topological polar surface area (TPSA) is 110 Å². The van der Waals surface area contributed by atoms with Crippen molar-refractivity contribution in [2.24, 2.45) is 0 Å². The first-order valence-corrected chi connectivity index (χ1v) is 12.0. The largest absolute Gasteiger partial charge is 0.495 e. The molecule has 1 aliphatic carbocycles. The van der Waals surface area contributed by atoms with E-state index in [1.54, 1.807) is 7.11 Å². The maximum Gasteiger partial charge on any atom is 0.158 e. The lowest BCUT2D eigenvalue weighted by atomic mass is 9.92. The number of fused-ring (bicyclic) bond motifs is 3. The van der Waals surface area contributed by atoms with Gasteiger partial charge >= 0.3 is 0 Å². The van der Waals surface area contributed by atoms with Crippen LogP contribution in [0.5, 0.6) is 5.75 Å². The molecule has 3 heterocycles. The Morgan fingerprint density at radius 3 is 2.74 bits per heavy atom. The fraction of sp³-hybridized carbons (Fsp3) is 0.417. The zero-order chi connectivity index (χ0) is 23.7. The van der Waals surface area contributed by atoms with Gasteiger partial charge < -0.3 is 20.5 Å². The lowest BCUT2D eigenvalue weighted by Gasteiger charge is -2.29. The summed E-state index contributed by atoms with van der Waals surface area (Å²) in [6.07, 6.45) is 7.05. The molecular formula is C24H28ClN7O2. The van der Waals surface area contributed by atoms with Crippen molar-refractivity contribution in [3.8, 4) is 5.75 Å². The number of aromatic nitrogens is 5. The van der Waals surface area contributed by atoms with Crippen LogP contribution in [0, 0.1) is 0 Å². The predicted octanol–water partition coefficient (Wildman–Crippen LogP) is 4.38. The number of nitrogens with zero attached hydrogens (tertiary/aromatic N) is 5. The molecule has 0 spiro atoms. The number of hydrogen-bond donors (Lipinski definition) is 3. The molecule has 4 aromatic rings. The van der Waals surface area contributed by atoms with E-state index >= 15 is 0 Å². The summed E-state index contributed by atoms with van der Waals surface area (Å²) in [5.41, 5.74) is 1.78. The summed E-state index contributed by atoms with van der Waals surface area (Å²) in [6.45, 7) is 3.26. The molecule has 0 bridgehead atoms. The number of benzene rings is 1. The summed E-state index contributed by atoms with van der Waals surface area (Å²) in [4.78, 5) is 4.67. The van der Waals surface area contributed by atoms with E-state index < -0.39 is 6.10 Å². The zero-order valence-electron chi connectivity index (χ0n) is 19.3. The van der Waals surface area contributed by atoms with Crippen LogP contribution in [-0.2, 0) is 13.1 Å². The standard InChI is InChI=1S/C24H28ClN7O2/c1-3-32-24-16(13-28-32)21-15(12-27-24)22(29-18-6-4-5-7-19(18)33)30-31-23(21)26-11-14-8-9-20(34-2)17(25)10-14/h8-10,12-13,18-19,33H,3-7,11H2,1-2H3,(H,26,31)(H,29,30)/t18?,19-/m1/s1. The van der Waals surface area contributed by atoms with Crippen LogP contribution in [0.3, 0.4) is 0 Å². The number of aryl methyl sites for hydroxylation is 1. The molecule has 0 radical (unpaired) electrons. The quantitative estimate of drug-likeness (QED) is 0.356. The van der Waals surface area contributed by atoms with Gasteiger partial charge in [-0.15, -0.1) is 10.2 Å². The second-order valence-electron chi connectivity index (χ2n) is 8.57. The molecular weight excluding hydrogens is 454 g/mol. The number of aliphatic hydroxyl groups excluding tert-OH is 1. The second-order valence-corrected chi connectivity index (χ2v) is 8.97. The van der Waals surface area contributed by atoms with Crippen LogP contribution >= 0.6 is 11.6 Å². The van der Waals surface area contributed by atoms with Crippen molar-refractivity contribution in [2.45, 2.75) is 57.8 Å². The molecule has 3 N–H and O–H groups in total. The lowest BCUT2D eigenvalue weighted by Crippen LogP contribution is -2.36. The number of aliphatic hydroxyl groups is 1. The van der Waals surface area contributed by atoms with Gasteiger partial charge in [-0.3, -0.25) is 0 Å².